The molecule has 0 aliphatic heterocycles. The Kier molecular flexibility index (Phi) is 6.18. The molecule has 0 N–H and O–H groups in total. The summed E-state index contributed by atoms with van der Waals surface area (Å²) in [6.45, 7) is 0.756. The van der Waals surface area contributed by atoms with Crippen molar-refractivity contribution in [1.29, 1.82) is 0 Å². The number of halogens is 5. The Bertz CT molecular complexity index is 1170. The molecule has 0 spiro atoms. The summed E-state index contributed by atoms with van der Waals surface area (Å²) in [5.41, 5.74) is 2.20. The number of aromatic nitrogens is 1. The first-order valence-corrected chi connectivity index (χ1v) is 10.4. The minimum atomic E-state index is -4.39. The van der Waals surface area contributed by atoms with Crippen LogP contribution >= 0.6 is 0 Å². The molecule has 0 fully saturated rings. The van der Waals surface area contributed by atoms with Crippen molar-refractivity contribution in [3.8, 4) is 0 Å². The van der Waals surface area contributed by atoms with E-state index in [1.807, 2.05) is 4.57 Å². The highest BCUT2D eigenvalue weighted by Gasteiger charge is 2.37. The Labute approximate surface area is 186 Å². The first kappa shape index (κ1) is 23.2. The lowest BCUT2D eigenvalue weighted by atomic mass is 9.92. The standard InChI is InChI=1S/C24H22F5NO3/c1-32-22(31)16-4-7-20-18(12-16)19-13-23(25,26)9-8-21(19)30(20)10-11-33-14-15-2-5-17(6-3-15)24(27,28)29/h2-7,12H,8-11,13-14H2,1H3. The molecule has 2 aromatic carbocycles. The molecule has 1 aliphatic rings. The van der Waals surface area contributed by atoms with Gasteiger partial charge in [0.25, 0.3) is 5.92 Å². The Morgan fingerprint density at radius 3 is 2.52 bits per heavy atom. The summed E-state index contributed by atoms with van der Waals surface area (Å²) in [4.78, 5) is 11.9. The summed E-state index contributed by atoms with van der Waals surface area (Å²) < 4.78 is 78.7. The first-order chi connectivity index (χ1) is 15.6. The highest BCUT2D eigenvalue weighted by molar-refractivity contribution is 5.96. The van der Waals surface area contributed by atoms with Gasteiger partial charge < -0.3 is 14.0 Å². The third-order valence-electron chi connectivity index (χ3n) is 5.88. The molecule has 0 amide bonds. The molecule has 0 atom stereocenters. The molecular formula is C24H22F5NO3. The minimum Gasteiger partial charge on any atom is -0.465 e. The van der Waals surface area contributed by atoms with Crippen LogP contribution in [0.25, 0.3) is 10.9 Å². The van der Waals surface area contributed by atoms with E-state index in [9.17, 15) is 26.7 Å². The highest BCUT2D eigenvalue weighted by atomic mass is 19.4. The fraction of sp³-hybridized carbons (Fsp3) is 0.375. The molecule has 1 aliphatic carbocycles. The van der Waals surface area contributed by atoms with E-state index in [2.05, 4.69) is 0 Å². The number of carbonyl (C=O) groups is 1. The van der Waals surface area contributed by atoms with E-state index >= 15 is 0 Å². The van der Waals surface area contributed by atoms with E-state index in [1.165, 1.54) is 19.2 Å². The summed E-state index contributed by atoms with van der Waals surface area (Å²) in [6.07, 6.45) is -4.85. The van der Waals surface area contributed by atoms with E-state index in [-0.39, 0.29) is 31.6 Å². The van der Waals surface area contributed by atoms with Crippen LogP contribution in [-0.2, 0) is 41.6 Å². The van der Waals surface area contributed by atoms with Crippen LogP contribution in [0, 0.1) is 0 Å². The van der Waals surface area contributed by atoms with E-state index in [0.717, 1.165) is 23.3 Å². The average Bonchev–Trinajstić information content (AvgIpc) is 3.07. The van der Waals surface area contributed by atoms with Gasteiger partial charge in [-0.3, -0.25) is 0 Å². The zero-order chi connectivity index (χ0) is 23.8. The third-order valence-corrected chi connectivity index (χ3v) is 5.88. The van der Waals surface area contributed by atoms with E-state index < -0.39 is 30.1 Å². The van der Waals surface area contributed by atoms with Gasteiger partial charge in [0, 0.05) is 36.0 Å². The van der Waals surface area contributed by atoms with Crippen LogP contribution in [0.2, 0.25) is 0 Å². The summed E-state index contributed by atoms with van der Waals surface area (Å²) >= 11 is 0. The quantitative estimate of drug-likeness (QED) is 0.262. The summed E-state index contributed by atoms with van der Waals surface area (Å²) in [7, 11) is 1.26. The van der Waals surface area contributed by atoms with Crippen molar-refractivity contribution in [2.45, 2.75) is 44.5 Å². The second-order valence-electron chi connectivity index (χ2n) is 8.08. The van der Waals surface area contributed by atoms with E-state index in [4.69, 9.17) is 9.47 Å². The van der Waals surface area contributed by atoms with Gasteiger partial charge in [0.15, 0.2) is 0 Å². The molecule has 4 rings (SSSR count). The monoisotopic (exact) mass is 467 g/mol. The molecule has 176 valence electrons. The lowest BCUT2D eigenvalue weighted by Gasteiger charge is -2.23. The van der Waals surface area contributed by atoms with Gasteiger partial charge in [0.2, 0.25) is 0 Å². The Morgan fingerprint density at radius 2 is 1.85 bits per heavy atom. The summed E-state index contributed by atoms with van der Waals surface area (Å²) in [5.74, 6) is -3.35. The number of ether oxygens (including phenoxy) is 2. The van der Waals surface area contributed by atoms with E-state index in [1.54, 1.807) is 18.2 Å². The predicted octanol–water partition coefficient (Wildman–Crippen LogP) is 5.79. The molecule has 9 heteroatoms. The van der Waals surface area contributed by atoms with Gasteiger partial charge >= 0.3 is 12.1 Å². The maximum atomic E-state index is 14.1. The van der Waals surface area contributed by atoms with Gasteiger partial charge in [-0.2, -0.15) is 13.2 Å². The molecule has 0 saturated heterocycles. The molecule has 0 unspecified atom stereocenters. The maximum absolute atomic E-state index is 14.1. The number of esters is 1. The number of alkyl halides is 5. The highest BCUT2D eigenvalue weighted by Crippen LogP contribution is 2.39. The average molecular weight is 467 g/mol. The first-order valence-electron chi connectivity index (χ1n) is 10.4. The summed E-state index contributed by atoms with van der Waals surface area (Å²) in [5, 5.41) is 0.593. The Morgan fingerprint density at radius 1 is 1.12 bits per heavy atom. The van der Waals surface area contributed by atoms with Gasteiger partial charge in [0.05, 0.1) is 31.5 Å². The number of hydrogen-bond donors (Lipinski definition) is 0. The third kappa shape index (κ3) is 4.88. The molecule has 0 radical (unpaired) electrons. The van der Waals surface area contributed by atoms with Crippen LogP contribution in [-0.4, -0.2) is 30.2 Å². The maximum Gasteiger partial charge on any atom is 0.416 e. The van der Waals surface area contributed by atoms with Gasteiger partial charge in [-0.25, -0.2) is 13.6 Å². The van der Waals surface area contributed by atoms with Crippen LogP contribution in [0.5, 0.6) is 0 Å². The lowest BCUT2D eigenvalue weighted by Crippen LogP contribution is -2.26. The molecule has 1 aromatic heterocycles. The Balaban J connectivity index is 1.52. The molecule has 33 heavy (non-hydrogen) atoms. The van der Waals surface area contributed by atoms with Crippen molar-refractivity contribution >= 4 is 16.9 Å². The van der Waals surface area contributed by atoms with Crippen molar-refractivity contribution in [1.82, 2.24) is 4.57 Å². The van der Waals surface area contributed by atoms with Gasteiger partial charge in [-0.15, -0.1) is 0 Å². The van der Waals surface area contributed by atoms with Crippen molar-refractivity contribution in [2.24, 2.45) is 0 Å². The molecule has 4 nitrogen and oxygen atoms in total. The van der Waals surface area contributed by atoms with Crippen molar-refractivity contribution in [3.05, 3.63) is 70.4 Å². The Hall–Kier alpha value is -2.94. The van der Waals surface area contributed by atoms with Crippen LogP contribution < -0.4 is 0 Å². The molecule has 1 heterocycles. The smallest absolute Gasteiger partial charge is 0.416 e. The van der Waals surface area contributed by atoms with Gasteiger partial charge in [-0.05, 0) is 47.9 Å². The van der Waals surface area contributed by atoms with Crippen molar-refractivity contribution in [3.63, 3.8) is 0 Å². The number of benzene rings is 2. The predicted molar refractivity (Wildman–Crippen MR) is 111 cm³/mol. The number of rotatable bonds is 6. The van der Waals surface area contributed by atoms with Crippen molar-refractivity contribution < 1.29 is 36.2 Å². The zero-order valence-electron chi connectivity index (χ0n) is 17.8. The second kappa shape index (κ2) is 8.78. The largest absolute Gasteiger partial charge is 0.465 e. The zero-order valence-corrected chi connectivity index (χ0v) is 17.8. The number of carbonyl (C=O) groups excluding carboxylic acids is 1. The van der Waals surface area contributed by atoms with Crippen LogP contribution in [0.15, 0.2) is 42.5 Å². The van der Waals surface area contributed by atoms with E-state index in [0.29, 0.717) is 23.1 Å². The minimum absolute atomic E-state index is 0.129. The summed E-state index contributed by atoms with van der Waals surface area (Å²) in [6, 6.07) is 9.64. The van der Waals surface area contributed by atoms with Crippen LogP contribution in [0.1, 0.15) is 39.2 Å². The van der Waals surface area contributed by atoms with Gasteiger partial charge in [-0.1, -0.05) is 12.1 Å². The fourth-order valence-corrected chi connectivity index (χ4v) is 4.24. The normalized spacial score (nSPS) is 15.5. The SMILES string of the molecule is COC(=O)c1ccc2c(c1)c1c(n2CCOCc2ccc(C(F)(F)F)cc2)CCC(F)(F)C1. The molecule has 0 bridgehead atoms. The number of methoxy groups -OCH3 is 1. The second-order valence-corrected chi connectivity index (χ2v) is 8.08. The molecule has 3 aromatic rings. The lowest BCUT2D eigenvalue weighted by molar-refractivity contribution is -0.137. The topological polar surface area (TPSA) is 40.5 Å². The molecule has 0 saturated carbocycles. The van der Waals surface area contributed by atoms with Gasteiger partial charge in [0.1, 0.15) is 0 Å². The molecular weight excluding hydrogens is 445 g/mol. The number of hydrogen-bond acceptors (Lipinski definition) is 3. The van der Waals surface area contributed by atoms with Crippen LogP contribution in [0.3, 0.4) is 0 Å². The number of nitrogens with zero attached hydrogens (tertiary/aromatic N) is 1. The van der Waals surface area contributed by atoms with Crippen molar-refractivity contribution in [2.75, 3.05) is 13.7 Å². The van der Waals surface area contributed by atoms with Crippen LogP contribution in [0.4, 0.5) is 22.0 Å². The number of fused-ring (bicyclic) bond motifs is 3. The fourth-order valence-electron chi connectivity index (χ4n) is 4.24.